The number of nitrogens with zero attached hydrogens (tertiary/aromatic N) is 1. The number of hydrogen-bond acceptors (Lipinski definition) is 4. The van der Waals surface area contributed by atoms with Gasteiger partial charge < -0.3 is 19.8 Å². The van der Waals surface area contributed by atoms with Crippen LogP contribution in [-0.2, 0) is 11.3 Å². The van der Waals surface area contributed by atoms with Gasteiger partial charge >= 0.3 is 0 Å². The van der Waals surface area contributed by atoms with Gasteiger partial charge in [0.25, 0.3) is 5.91 Å². The molecule has 1 atom stereocenters. The topological polar surface area (TPSA) is 70.0 Å². The Morgan fingerprint density at radius 1 is 1.12 bits per heavy atom. The van der Waals surface area contributed by atoms with Gasteiger partial charge in [-0.05, 0) is 23.6 Å². The van der Waals surface area contributed by atoms with E-state index in [2.05, 4.69) is 0 Å². The van der Waals surface area contributed by atoms with Crippen LogP contribution < -0.4 is 4.74 Å². The van der Waals surface area contributed by atoms with Gasteiger partial charge in [-0.25, -0.2) is 0 Å². The minimum absolute atomic E-state index is 0.00337. The molecule has 0 aromatic heterocycles. The zero-order chi connectivity index (χ0) is 17.4. The first-order valence-corrected chi connectivity index (χ1v) is 7.93. The Kier molecular flexibility index (Phi) is 6.63. The molecule has 5 heteroatoms. The largest absolute Gasteiger partial charge is 0.504 e. The molecule has 1 unspecified atom stereocenters. The molecule has 1 amide bonds. The van der Waals surface area contributed by atoms with E-state index in [-0.39, 0.29) is 36.5 Å². The molecule has 0 fully saturated rings. The van der Waals surface area contributed by atoms with Gasteiger partial charge in [0.1, 0.15) is 0 Å². The minimum atomic E-state index is -0.192. The van der Waals surface area contributed by atoms with Crippen LogP contribution in [0.2, 0.25) is 0 Å². The van der Waals surface area contributed by atoms with Crippen molar-refractivity contribution < 1.29 is 19.7 Å². The number of rotatable bonds is 8. The molecule has 0 radical (unpaired) electrons. The molecule has 0 bridgehead atoms. The van der Waals surface area contributed by atoms with Crippen LogP contribution in [0.4, 0.5) is 0 Å². The summed E-state index contributed by atoms with van der Waals surface area (Å²) in [5.41, 5.74) is 1.01. The van der Waals surface area contributed by atoms with Crippen molar-refractivity contribution in [3.8, 4) is 11.5 Å². The molecule has 2 aromatic rings. The number of hydrogen-bond donors (Lipinski definition) is 2. The fourth-order valence-electron chi connectivity index (χ4n) is 2.30. The van der Waals surface area contributed by atoms with Gasteiger partial charge in [-0.1, -0.05) is 49.4 Å². The van der Waals surface area contributed by atoms with Gasteiger partial charge in [0.05, 0.1) is 0 Å². The Labute approximate surface area is 142 Å². The summed E-state index contributed by atoms with van der Waals surface area (Å²) in [5, 5.41) is 19.0. The molecule has 2 rings (SSSR count). The van der Waals surface area contributed by atoms with E-state index in [9.17, 15) is 15.0 Å². The average molecular weight is 329 g/mol. The minimum Gasteiger partial charge on any atom is -0.504 e. The van der Waals surface area contributed by atoms with Crippen LogP contribution in [0.1, 0.15) is 12.5 Å². The standard InChI is InChI=1S/C19H23NO4/c1-15(13-21)11-20(12-16-7-3-2-4-8-16)19(23)14-24-18-10-6-5-9-17(18)22/h2-10,15,21-22H,11-14H2,1H3. The molecule has 0 saturated heterocycles. The lowest BCUT2D eigenvalue weighted by Crippen LogP contribution is -2.38. The van der Waals surface area contributed by atoms with Crippen molar-refractivity contribution in [3.63, 3.8) is 0 Å². The number of carbonyl (C=O) groups is 1. The summed E-state index contributed by atoms with van der Waals surface area (Å²) in [7, 11) is 0. The molecular weight excluding hydrogens is 306 g/mol. The van der Waals surface area contributed by atoms with Gasteiger partial charge in [0.2, 0.25) is 0 Å². The molecule has 0 heterocycles. The average Bonchev–Trinajstić information content (AvgIpc) is 2.61. The van der Waals surface area contributed by atoms with Crippen molar-refractivity contribution in [1.29, 1.82) is 0 Å². The summed E-state index contributed by atoms with van der Waals surface area (Å²) >= 11 is 0. The highest BCUT2D eigenvalue weighted by molar-refractivity contribution is 5.77. The lowest BCUT2D eigenvalue weighted by atomic mass is 10.1. The van der Waals surface area contributed by atoms with E-state index in [1.54, 1.807) is 23.1 Å². The van der Waals surface area contributed by atoms with Crippen LogP contribution in [0.15, 0.2) is 54.6 Å². The molecule has 2 N–H and O–H groups in total. The monoisotopic (exact) mass is 329 g/mol. The van der Waals surface area contributed by atoms with Gasteiger partial charge in [0, 0.05) is 19.7 Å². The van der Waals surface area contributed by atoms with E-state index < -0.39 is 0 Å². The Morgan fingerprint density at radius 3 is 2.46 bits per heavy atom. The van der Waals surface area contributed by atoms with Gasteiger partial charge in [-0.3, -0.25) is 4.79 Å². The number of aliphatic hydroxyl groups excluding tert-OH is 1. The summed E-state index contributed by atoms with van der Waals surface area (Å²) in [4.78, 5) is 14.2. The number of carbonyl (C=O) groups excluding carboxylic acids is 1. The maximum atomic E-state index is 12.5. The number of phenols is 1. The van der Waals surface area contributed by atoms with Crippen LogP contribution >= 0.6 is 0 Å². The van der Waals surface area contributed by atoms with E-state index in [4.69, 9.17) is 4.74 Å². The highest BCUT2D eigenvalue weighted by Crippen LogP contribution is 2.24. The Bertz CT molecular complexity index is 645. The van der Waals surface area contributed by atoms with Crippen molar-refractivity contribution in [3.05, 3.63) is 60.2 Å². The molecule has 0 aliphatic rings. The fraction of sp³-hybridized carbons (Fsp3) is 0.316. The second-order valence-corrected chi connectivity index (χ2v) is 5.80. The molecule has 5 nitrogen and oxygen atoms in total. The number of aromatic hydroxyl groups is 1. The second-order valence-electron chi connectivity index (χ2n) is 5.80. The van der Waals surface area contributed by atoms with E-state index >= 15 is 0 Å². The second kappa shape index (κ2) is 8.93. The van der Waals surface area contributed by atoms with E-state index in [0.717, 1.165) is 5.56 Å². The van der Waals surface area contributed by atoms with Crippen LogP contribution in [0.5, 0.6) is 11.5 Å². The molecule has 0 aliphatic carbocycles. The van der Waals surface area contributed by atoms with Crippen LogP contribution in [0, 0.1) is 5.92 Å². The summed E-state index contributed by atoms with van der Waals surface area (Å²) in [6.07, 6.45) is 0. The first kappa shape index (κ1) is 17.8. The normalized spacial score (nSPS) is 11.8. The fourth-order valence-corrected chi connectivity index (χ4v) is 2.30. The highest BCUT2D eigenvalue weighted by atomic mass is 16.5. The van der Waals surface area contributed by atoms with Gasteiger partial charge in [-0.2, -0.15) is 0 Å². The first-order valence-electron chi connectivity index (χ1n) is 7.93. The van der Waals surface area contributed by atoms with E-state index in [1.807, 2.05) is 37.3 Å². The first-order chi connectivity index (χ1) is 11.6. The number of benzene rings is 2. The smallest absolute Gasteiger partial charge is 0.260 e. The maximum absolute atomic E-state index is 12.5. The lowest BCUT2D eigenvalue weighted by molar-refractivity contribution is -0.134. The summed E-state index contributed by atoms with van der Waals surface area (Å²) in [5.74, 6) is 0.0644. The zero-order valence-electron chi connectivity index (χ0n) is 13.8. The van der Waals surface area contributed by atoms with Crippen LogP contribution in [0.25, 0.3) is 0 Å². The predicted molar refractivity (Wildman–Crippen MR) is 91.7 cm³/mol. The third-order valence-corrected chi connectivity index (χ3v) is 3.63. The molecule has 2 aromatic carbocycles. The van der Waals surface area contributed by atoms with Gasteiger partial charge in [-0.15, -0.1) is 0 Å². The van der Waals surface area contributed by atoms with Crippen LogP contribution in [-0.4, -0.2) is 40.8 Å². The zero-order valence-corrected chi connectivity index (χ0v) is 13.8. The van der Waals surface area contributed by atoms with Crippen molar-refractivity contribution in [2.45, 2.75) is 13.5 Å². The SMILES string of the molecule is CC(CO)CN(Cc1ccccc1)C(=O)COc1ccccc1O. The number of aliphatic hydroxyl groups is 1. The van der Waals surface area contributed by atoms with Gasteiger partial charge in [0.15, 0.2) is 18.1 Å². The van der Waals surface area contributed by atoms with Crippen molar-refractivity contribution >= 4 is 5.91 Å². The number of phenolic OH excluding ortho intramolecular Hbond substituents is 1. The molecule has 128 valence electrons. The molecule has 0 aliphatic heterocycles. The third kappa shape index (κ3) is 5.28. The summed E-state index contributed by atoms with van der Waals surface area (Å²) in [6.45, 7) is 2.62. The third-order valence-electron chi connectivity index (χ3n) is 3.63. The summed E-state index contributed by atoms with van der Waals surface area (Å²) in [6, 6.07) is 16.2. The summed E-state index contributed by atoms with van der Waals surface area (Å²) < 4.78 is 5.43. The number of amides is 1. The predicted octanol–water partition coefficient (Wildman–Crippen LogP) is 2.43. The molecular formula is C19H23NO4. The quantitative estimate of drug-likeness (QED) is 0.780. The molecule has 24 heavy (non-hydrogen) atoms. The Hall–Kier alpha value is -2.53. The lowest BCUT2D eigenvalue weighted by Gasteiger charge is -2.25. The van der Waals surface area contributed by atoms with E-state index in [1.165, 1.54) is 6.07 Å². The van der Waals surface area contributed by atoms with Crippen molar-refractivity contribution in [2.75, 3.05) is 19.8 Å². The Morgan fingerprint density at radius 2 is 1.79 bits per heavy atom. The Balaban J connectivity index is 2.02. The highest BCUT2D eigenvalue weighted by Gasteiger charge is 2.18. The number of ether oxygens (including phenoxy) is 1. The van der Waals surface area contributed by atoms with Crippen molar-refractivity contribution in [2.24, 2.45) is 5.92 Å². The number of para-hydroxylation sites is 2. The maximum Gasteiger partial charge on any atom is 0.260 e. The molecule has 0 spiro atoms. The van der Waals surface area contributed by atoms with Crippen LogP contribution in [0.3, 0.4) is 0 Å². The van der Waals surface area contributed by atoms with E-state index in [0.29, 0.717) is 13.1 Å². The molecule has 0 saturated carbocycles. The van der Waals surface area contributed by atoms with Crippen molar-refractivity contribution in [1.82, 2.24) is 4.90 Å².